The number of hydrogen-bond acceptors (Lipinski definition) is 4. The number of carbonyl (C=O) groups excluding carboxylic acids is 1. The summed E-state index contributed by atoms with van der Waals surface area (Å²) in [7, 11) is 4.69. The van der Waals surface area contributed by atoms with Crippen molar-refractivity contribution in [1.82, 2.24) is 0 Å². The summed E-state index contributed by atoms with van der Waals surface area (Å²) >= 11 is 0.111. The zero-order valence-electron chi connectivity index (χ0n) is 13.7. The molecular weight excluding hydrogens is 371 g/mol. The van der Waals surface area contributed by atoms with E-state index in [9.17, 15) is 4.79 Å². The minimum atomic E-state index is -0.306. The van der Waals surface area contributed by atoms with E-state index < -0.39 is 0 Å². The minimum absolute atomic E-state index is 0.111. The first-order chi connectivity index (χ1) is 11.7. The van der Waals surface area contributed by atoms with Gasteiger partial charge in [0.05, 0.1) is 0 Å². The third-order valence-corrected chi connectivity index (χ3v) is 6.43. The molecule has 1 aliphatic heterocycles. The molecule has 124 valence electrons. The van der Waals surface area contributed by atoms with Crippen LogP contribution in [0.15, 0.2) is 47.4 Å². The molecule has 24 heavy (non-hydrogen) atoms. The Hall–Kier alpha value is -2.23. The van der Waals surface area contributed by atoms with Crippen LogP contribution in [0, 0.1) is 0 Å². The van der Waals surface area contributed by atoms with Gasteiger partial charge in [0.1, 0.15) is 0 Å². The van der Waals surface area contributed by atoms with Crippen molar-refractivity contribution in [2.75, 3.05) is 21.3 Å². The first-order valence-electron chi connectivity index (χ1n) is 7.44. The first-order valence-corrected chi connectivity index (χ1v) is 9.42. The summed E-state index contributed by atoms with van der Waals surface area (Å²) in [5.41, 5.74) is 3.84. The van der Waals surface area contributed by atoms with Crippen LogP contribution in [-0.4, -0.2) is 42.3 Å². The zero-order valence-corrected chi connectivity index (χ0v) is 15.5. The molecule has 1 aliphatic rings. The fourth-order valence-corrected chi connectivity index (χ4v) is 5.14. The van der Waals surface area contributed by atoms with Crippen molar-refractivity contribution in [2.24, 2.45) is 0 Å². The molecule has 0 fully saturated rings. The van der Waals surface area contributed by atoms with E-state index in [2.05, 4.69) is 12.1 Å². The summed E-state index contributed by atoms with van der Waals surface area (Å²) in [4.78, 5) is 14.4. The van der Waals surface area contributed by atoms with Gasteiger partial charge in [0.25, 0.3) is 0 Å². The van der Waals surface area contributed by atoms with Crippen LogP contribution in [0.25, 0.3) is 5.57 Å². The normalized spacial score (nSPS) is 16.0. The van der Waals surface area contributed by atoms with Gasteiger partial charge in [-0.05, 0) is 0 Å². The van der Waals surface area contributed by atoms with Crippen LogP contribution >= 0.6 is 0 Å². The second-order valence-electron chi connectivity index (χ2n) is 5.27. The molecule has 1 atom stereocenters. The van der Waals surface area contributed by atoms with E-state index >= 15 is 0 Å². The standard InChI is InChI=1S/C19H18O4Se/c1-21-13-6-4-12(5-7-13)18-15-9-8-14(22-2)10-16(15)17(11-24-18)19(20)23-3/h4-11,18H,1-3H3. The topological polar surface area (TPSA) is 44.8 Å². The van der Waals surface area contributed by atoms with Crippen LogP contribution in [0.2, 0.25) is 0 Å². The molecule has 5 heteroatoms. The van der Waals surface area contributed by atoms with Gasteiger partial charge in [0.2, 0.25) is 0 Å². The van der Waals surface area contributed by atoms with E-state index in [0.717, 1.165) is 22.6 Å². The van der Waals surface area contributed by atoms with Gasteiger partial charge >= 0.3 is 147 Å². The maximum atomic E-state index is 12.1. The molecule has 0 radical (unpaired) electrons. The van der Waals surface area contributed by atoms with Gasteiger partial charge in [-0.25, -0.2) is 0 Å². The molecule has 0 aromatic heterocycles. The average Bonchev–Trinajstić information content (AvgIpc) is 2.66. The van der Waals surface area contributed by atoms with E-state index in [0.29, 0.717) is 5.57 Å². The molecule has 1 heterocycles. The zero-order chi connectivity index (χ0) is 17.1. The van der Waals surface area contributed by atoms with Crippen LogP contribution in [-0.2, 0) is 9.53 Å². The molecule has 2 aromatic carbocycles. The van der Waals surface area contributed by atoms with Crippen LogP contribution in [0.3, 0.4) is 0 Å². The summed E-state index contributed by atoms with van der Waals surface area (Å²) < 4.78 is 15.5. The number of rotatable bonds is 4. The number of ether oxygens (including phenoxy) is 3. The van der Waals surface area contributed by atoms with Crippen molar-refractivity contribution in [3.05, 3.63) is 64.1 Å². The first kappa shape index (κ1) is 16.6. The molecule has 3 rings (SSSR count). The number of esters is 1. The second kappa shape index (κ2) is 7.12. The van der Waals surface area contributed by atoms with E-state index in [4.69, 9.17) is 14.2 Å². The Kier molecular flexibility index (Phi) is 4.93. The molecule has 1 unspecified atom stereocenters. The maximum absolute atomic E-state index is 12.1. The van der Waals surface area contributed by atoms with Crippen LogP contribution in [0.4, 0.5) is 0 Å². The number of hydrogen-bond donors (Lipinski definition) is 0. The summed E-state index contributed by atoms with van der Waals surface area (Å²) in [6, 6.07) is 14.0. The summed E-state index contributed by atoms with van der Waals surface area (Å²) in [5, 5.41) is 0. The third-order valence-electron chi connectivity index (χ3n) is 3.98. The van der Waals surface area contributed by atoms with Crippen LogP contribution in [0.5, 0.6) is 11.5 Å². The molecule has 2 aromatic rings. The Morgan fingerprint density at radius 3 is 2.25 bits per heavy atom. The van der Waals surface area contributed by atoms with Gasteiger partial charge in [-0.2, -0.15) is 0 Å². The average molecular weight is 389 g/mol. The van der Waals surface area contributed by atoms with Gasteiger partial charge in [0, 0.05) is 0 Å². The van der Waals surface area contributed by atoms with E-state index in [-0.39, 0.29) is 25.7 Å². The van der Waals surface area contributed by atoms with Crippen molar-refractivity contribution < 1.29 is 19.0 Å². The Labute approximate surface area is 147 Å². The molecule has 4 nitrogen and oxygen atoms in total. The predicted octanol–water partition coefficient (Wildman–Crippen LogP) is 3.02. The van der Waals surface area contributed by atoms with Crippen molar-refractivity contribution in [3.63, 3.8) is 0 Å². The van der Waals surface area contributed by atoms with Gasteiger partial charge in [-0.3, -0.25) is 0 Å². The van der Waals surface area contributed by atoms with Crippen molar-refractivity contribution in [2.45, 2.75) is 4.82 Å². The monoisotopic (exact) mass is 390 g/mol. The fraction of sp³-hybridized carbons (Fsp3) is 0.211. The Balaban J connectivity index is 2.06. The van der Waals surface area contributed by atoms with E-state index in [1.165, 1.54) is 12.7 Å². The quantitative estimate of drug-likeness (QED) is 0.596. The number of benzene rings is 2. The molecule has 0 bridgehead atoms. The fourth-order valence-electron chi connectivity index (χ4n) is 2.70. The summed E-state index contributed by atoms with van der Waals surface area (Å²) in [6.45, 7) is 0. The molecule has 0 N–H and O–H groups in total. The number of fused-ring (bicyclic) bond motifs is 1. The predicted molar refractivity (Wildman–Crippen MR) is 93.6 cm³/mol. The number of carbonyl (C=O) groups is 1. The van der Waals surface area contributed by atoms with Gasteiger partial charge in [-0.15, -0.1) is 0 Å². The van der Waals surface area contributed by atoms with Gasteiger partial charge in [0.15, 0.2) is 0 Å². The van der Waals surface area contributed by atoms with Crippen molar-refractivity contribution in [1.29, 1.82) is 0 Å². The molecule has 0 amide bonds. The number of methoxy groups -OCH3 is 3. The van der Waals surface area contributed by atoms with Crippen LogP contribution in [0.1, 0.15) is 21.5 Å². The molecule has 0 saturated carbocycles. The Bertz CT molecular complexity index is 780. The third kappa shape index (κ3) is 3.05. The van der Waals surface area contributed by atoms with Crippen molar-refractivity contribution in [3.8, 4) is 11.5 Å². The molecule has 0 spiro atoms. The SMILES string of the molecule is COC(=O)C1=C[Se]C(c2ccc(OC)cc2)c2ccc(OC)cc21. The Morgan fingerprint density at radius 1 is 0.958 bits per heavy atom. The second-order valence-corrected chi connectivity index (χ2v) is 7.32. The van der Waals surface area contributed by atoms with Gasteiger partial charge < -0.3 is 0 Å². The molecule has 0 saturated heterocycles. The molecule has 0 aliphatic carbocycles. The van der Waals surface area contributed by atoms with Crippen molar-refractivity contribution >= 4 is 26.5 Å². The summed E-state index contributed by atoms with van der Waals surface area (Å²) in [5.74, 6) is 1.26. The van der Waals surface area contributed by atoms with E-state index in [1.807, 2.05) is 35.3 Å². The summed E-state index contributed by atoms with van der Waals surface area (Å²) in [6.07, 6.45) is 0. The Morgan fingerprint density at radius 2 is 1.62 bits per heavy atom. The molecular formula is C19H18O4Se. The van der Waals surface area contributed by atoms with Crippen LogP contribution < -0.4 is 9.47 Å². The van der Waals surface area contributed by atoms with Gasteiger partial charge in [-0.1, -0.05) is 0 Å². The van der Waals surface area contributed by atoms with E-state index in [1.54, 1.807) is 14.2 Å².